The average Bonchev–Trinajstić information content (AvgIpc) is 2.54. The van der Waals surface area contributed by atoms with E-state index < -0.39 is 0 Å². The number of hydrogen-bond acceptors (Lipinski definition) is 3. The van der Waals surface area contributed by atoms with Crippen LogP contribution in [0.1, 0.15) is 12.8 Å². The number of piperidine rings is 1. The highest BCUT2D eigenvalue weighted by Crippen LogP contribution is 2.29. The van der Waals surface area contributed by atoms with Crippen LogP contribution in [0, 0.1) is 5.92 Å². The van der Waals surface area contributed by atoms with E-state index in [9.17, 15) is 9.59 Å². The van der Waals surface area contributed by atoms with Crippen LogP contribution < -0.4 is 5.32 Å². The van der Waals surface area contributed by atoms with Gasteiger partial charge in [0, 0.05) is 28.1 Å². The molecule has 0 saturated carbocycles. The third-order valence-electron chi connectivity index (χ3n) is 3.70. The molecule has 2 rings (SSSR count). The molecule has 1 aromatic carbocycles. The molecule has 1 aliphatic rings. The van der Waals surface area contributed by atoms with Crippen molar-refractivity contribution in [3.8, 4) is 0 Å². The number of amides is 2. The van der Waals surface area contributed by atoms with Gasteiger partial charge in [-0.2, -0.15) is 0 Å². The fourth-order valence-corrected chi connectivity index (χ4v) is 3.83. The van der Waals surface area contributed by atoms with Gasteiger partial charge in [-0.05, 0) is 59.3 Å². The number of carbonyl (C=O) groups excluding carboxylic acids is 2. The van der Waals surface area contributed by atoms with Crippen LogP contribution >= 0.6 is 27.7 Å². The largest absolute Gasteiger partial charge is 0.338 e. The summed E-state index contributed by atoms with van der Waals surface area (Å²) in [5.74, 6) is -0.313. The van der Waals surface area contributed by atoms with Crippen LogP contribution in [-0.2, 0) is 9.59 Å². The molecule has 0 aliphatic carbocycles. The smallest absolute Gasteiger partial charge is 0.245 e. The van der Waals surface area contributed by atoms with Crippen LogP contribution in [-0.4, -0.2) is 36.1 Å². The van der Waals surface area contributed by atoms with Crippen molar-refractivity contribution in [2.24, 2.45) is 5.92 Å². The number of anilines is 1. The summed E-state index contributed by atoms with van der Waals surface area (Å²) in [7, 11) is 0. The predicted octanol–water partition coefficient (Wildman–Crippen LogP) is 3.53. The van der Waals surface area contributed by atoms with Gasteiger partial charge in [-0.15, -0.1) is 11.8 Å². The van der Waals surface area contributed by atoms with Gasteiger partial charge in [0.05, 0.1) is 5.92 Å². The molecule has 2 amide bonds. The summed E-state index contributed by atoms with van der Waals surface area (Å²) in [5, 5.41) is 2.94. The van der Waals surface area contributed by atoms with Gasteiger partial charge in [0.1, 0.15) is 0 Å². The zero-order valence-corrected chi connectivity index (χ0v) is 14.9. The van der Waals surface area contributed by atoms with Crippen LogP contribution in [0.15, 0.2) is 40.2 Å². The van der Waals surface area contributed by atoms with Gasteiger partial charge in [0.15, 0.2) is 0 Å². The molecule has 118 valence electrons. The lowest BCUT2D eigenvalue weighted by molar-refractivity contribution is -0.130. The minimum absolute atomic E-state index is 0.0367. The van der Waals surface area contributed by atoms with Crippen molar-refractivity contribution in [1.29, 1.82) is 0 Å². The minimum atomic E-state index is -0.170. The third-order valence-corrected chi connectivity index (χ3v) is 5.41. The van der Waals surface area contributed by atoms with Crippen molar-refractivity contribution in [2.45, 2.75) is 17.7 Å². The Kier molecular flexibility index (Phi) is 6.08. The van der Waals surface area contributed by atoms with Gasteiger partial charge in [0.25, 0.3) is 0 Å². The van der Waals surface area contributed by atoms with Crippen LogP contribution in [0.5, 0.6) is 0 Å². The van der Waals surface area contributed by atoms with Crippen molar-refractivity contribution in [1.82, 2.24) is 4.90 Å². The monoisotopic (exact) mass is 382 g/mol. The molecule has 22 heavy (non-hydrogen) atoms. The van der Waals surface area contributed by atoms with Gasteiger partial charge < -0.3 is 10.2 Å². The number of carbonyl (C=O) groups is 2. The Labute approximate surface area is 143 Å². The molecule has 0 spiro atoms. The van der Waals surface area contributed by atoms with Crippen molar-refractivity contribution in [3.63, 3.8) is 0 Å². The molecule has 1 aliphatic heterocycles. The summed E-state index contributed by atoms with van der Waals surface area (Å²) < 4.78 is 0.963. The van der Waals surface area contributed by atoms with E-state index in [1.54, 1.807) is 16.7 Å². The molecular weight excluding hydrogens is 364 g/mol. The molecule has 1 aromatic rings. The Hall–Kier alpha value is -1.27. The lowest BCUT2D eigenvalue weighted by atomic mass is 9.97. The highest BCUT2D eigenvalue weighted by atomic mass is 79.9. The Balaban J connectivity index is 2.01. The summed E-state index contributed by atoms with van der Waals surface area (Å²) in [6.07, 6.45) is 4.95. The number of hydrogen-bond donors (Lipinski definition) is 1. The maximum Gasteiger partial charge on any atom is 0.245 e. The lowest BCUT2D eigenvalue weighted by Crippen LogP contribution is -2.43. The van der Waals surface area contributed by atoms with Crippen LogP contribution in [0.3, 0.4) is 0 Å². The van der Waals surface area contributed by atoms with Gasteiger partial charge in [-0.3, -0.25) is 9.59 Å². The second-order valence-electron chi connectivity index (χ2n) is 5.17. The molecule has 1 saturated heterocycles. The van der Waals surface area contributed by atoms with E-state index in [0.29, 0.717) is 13.1 Å². The van der Waals surface area contributed by atoms with Crippen LogP contribution in [0.2, 0.25) is 0 Å². The molecule has 1 unspecified atom stereocenters. The van der Waals surface area contributed by atoms with Crippen molar-refractivity contribution < 1.29 is 9.59 Å². The molecule has 1 heterocycles. The highest BCUT2D eigenvalue weighted by molar-refractivity contribution is 9.10. The summed E-state index contributed by atoms with van der Waals surface area (Å²) in [6.45, 7) is 4.66. The Morgan fingerprint density at radius 1 is 1.50 bits per heavy atom. The van der Waals surface area contributed by atoms with E-state index in [1.165, 1.54) is 6.08 Å². The fraction of sp³-hybridized carbons (Fsp3) is 0.375. The van der Waals surface area contributed by atoms with E-state index in [4.69, 9.17) is 0 Å². The minimum Gasteiger partial charge on any atom is -0.338 e. The first-order valence-corrected chi connectivity index (χ1v) is 9.12. The zero-order valence-electron chi connectivity index (χ0n) is 12.5. The Morgan fingerprint density at radius 3 is 2.91 bits per heavy atom. The van der Waals surface area contributed by atoms with Gasteiger partial charge in [-0.25, -0.2) is 0 Å². The van der Waals surface area contributed by atoms with Crippen molar-refractivity contribution >= 4 is 45.2 Å². The zero-order chi connectivity index (χ0) is 16.1. The number of likely N-dealkylation sites (tertiary alicyclic amines) is 1. The maximum absolute atomic E-state index is 12.4. The average molecular weight is 383 g/mol. The van der Waals surface area contributed by atoms with E-state index in [-0.39, 0.29) is 17.7 Å². The number of nitrogens with one attached hydrogen (secondary N) is 1. The van der Waals surface area contributed by atoms with Gasteiger partial charge >= 0.3 is 0 Å². The third kappa shape index (κ3) is 4.14. The van der Waals surface area contributed by atoms with Crippen molar-refractivity contribution in [2.75, 3.05) is 24.7 Å². The van der Waals surface area contributed by atoms with Gasteiger partial charge in [0.2, 0.25) is 11.8 Å². The SMILES string of the molecule is C=CC(=O)N1CCCC(C(=O)Nc2ccc(SC)c(Br)c2)C1. The maximum atomic E-state index is 12.4. The molecule has 0 aromatic heterocycles. The predicted molar refractivity (Wildman–Crippen MR) is 94.1 cm³/mol. The van der Waals surface area contributed by atoms with Gasteiger partial charge in [-0.1, -0.05) is 6.58 Å². The first kappa shape index (κ1) is 17.1. The van der Waals surface area contributed by atoms with E-state index >= 15 is 0 Å². The lowest BCUT2D eigenvalue weighted by Gasteiger charge is -2.31. The summed E-state index contributed by atoms with van der Waals surface area (Å²) in [6, 6.07) is 5.77. The number of benzene rings is 1. The molecule has 1 N–H and O–H groups in total. The van der Waals surface area contributed by atoms with Crippen LogP contribution in [0.25, 0.3) is 0 Å². The van der Waals surface area contributed by atoms with Crippen molar-refractivity contribution in [3.05, 3.63) is 35.3 Å². The molecule has 4 nitrogen and oxygen atoms in total. The van der Waals surface area contributed by atoms with E-state index in [0.717, 1.165) is 27.9 Å². The Bertz CT molecular complexity index is 592. The number of rotatable bonds is 4. The Morgan fingerprint density at radius 2 is 2.27 bits per heavy atom. The molecule has 1 atom stereocenters. The molecule has 1 fully saturated rings. The highest BCUT2D eigenvalue weighted by Gasteiger charge is 2.27. The second kappa shape index (κ2) is 7.83. The summed E-state index contributed by atoms with van der Waals surface area (Å²) in [4.78, 5) is 26.9. The first-order chi connectivity index (χ1) is 10.5. The fourth-order valence-electron chi connectivity index (χ4n) is 2.51. The number of thioether (sulfide) groups is 1. The topological polar surface area (TPSA) is 49.4 Å². The number of halogens is 1. The quantitative estimate of drug-likeness (QED) is 0.639. The first-order valence-electron chi connectivity index (χ1n) is 7.11. The number of nitrogens with zero attached hydrogens (tertiary/aromatic N) is 1. The molecule has 0 bridgehead atoms. The van der Waals surface area contributed by atoms with E-state index in [1.807, 2.05) is 24.5 Å². The summed E-state index contributed by atoms with van der Waals surface area (Å²) >= 11 is 5.14. The molecular formula is C16H19BrN2O2S. The van der Waals surface area contributed by atoms with Crippen LogP contribution in [0.4, 0.5) is 5.69 Å². The molecule has 0 radical (unpaired) electrons. The standard InChI is InChI=1S/C16H19BrN2O2S/c1-3-15(20)19-8-4-5-11(10-19)16(21)18-12-6-7-14(22-2)13(17)9-12/h3,6-7,9,11H,1,4-5,8,10H2,2H3,(H,18,21). The normalized spacial score (nSPS) is 17.9. The van der Waals surface area contributed by atoms with E-state index in [2.05, 4.69) is 27.8 Å². The second-order valence-corrected chi connectivity index (χ2v) is 6.87. The molecule has 6 heteroatoms. The summed E-state index contributed by atoms with van der Waals surface area (Å²) in [5.41, 5.74) is 0.766.